The van der Waals surface area contributed by atoms with Crippen molar-refractivity contribution in [1.82, 2.24) is 5.32 Å². The van der Waals surface area contributed by atoms with Gasteiger partial charge in [-0.05, 0) is 0 Å². The Kier molecular flexibility index (Phi) is 53.3. The first-order valence-electron chi connectivity index (χ1n) is 7.34. The van der Waals surface area contributed by atoms with Gasteiger partial charge in [0.1, 0.15) is 6.73 Å². The predicted molar refractivity (Wildman–Crippen MR) is 115 cm³/mol. The van der Waals surface area contributed by atoms with E-state index in [0.29, 0.717) is 13.2 Å². The summed E-state index contributed by atoms with van der Waals surface area (Å²) in [7, 11) is 0. The highest BCUT2D eigenvalue weighted by atomic mass is 32.1. The Morgan fingerprint density at radius 1 is 0.767 bits per heavy atom. The Hall–Kier alpha value is -1.98. The minimum atomic E-state index is -0.881. The minimum absolute atomic E-state index is 0.0833. The summed E-state index contributed by atoms with van der Waals surface area (Å²) < 4.78 is 9.75. The number of aliphatic carboxylic acids is 2. The number of hydrogen-bond acceptors (Lipinski definition) is 13. The third-order valence-electron chi connectivity index (χ3n) is 1.39. The van der Waals surface area contributed by atoms with Crippen LogP contribution in [0.5, 0.6) is 0 Å². The number of rotatable bonds is 11. The van der Waals surface area contributed by atoms with E-state index in [2.05, 4.69) is 43.2 Å². The average molecular weight is 495 g/mol. The van der Waals surface area contributed by atoms with Crippen molar-refractivity contribution >= 4 is 80.9 Å². The molecule has 1 amide bonds. The minimum Gasteiger partial charge on any atom is -0.481 e. The van der Waals surface area contributed by atoms with E-state index in [-0.39, 0.29) is 61.8 Å². The van der Waals surface area contributed by atoms with Crippen molar-refractivity contribution in [2.45, 2.75) is 0 Å². The van der Waals surface area contributed by atoms with Crippen LogP contribution in [0.3, 0.4) is 0 Å². The maximum Gasteiger partial charge on any atom is 0.313 e. The van der Waals surface area contributed by atoms with Crippen LogP contribution in [0.4, 0.5) is 0 Å². The molecule has 176 valence electrons. The van der Waals surface area contributed by atoms with Gasteiger partial charge in [0, 0.05) is 0 Å². The van der Waals surface area contributed by atoms with Gasteiger partial charge in [0.2, 0.25) is 5.91 Å². The lowest BCUT2D eigenvalue weighted by molar-refractivity contribution is -0.134. The monoisotopic (exact) mass is 494 g/mol. The number of nitrogens with two attached hydrogens (primary N) is 1. The fourth-order valence-corrected chi connectivity index (χ4v) is 0.573. The number of nitrogens with one attached hydrogen (secondary N) is 1. The van der Waals surface area contributed by atoms with Gasteiger partial charge in [-0.15, -0.1) is 0 Å². The first-order valence-corrected chi connectivity index (χ1v) is 9.24. The van der Waals surface area contributed by atoms with Crippen LogP contribution in [0, 0.1) is 0 Å². The summed E-state index contributed by atoms with van der Waals surface area (Å²) in [5.41, 5.74) is 5.06. The van der Waals surface area contributed by atoms with E-state index in [1.165, 1.54) is 0 Å². The quantitative estimate of drug-likeness (QED) is 0.0531. The third-order valence-corrected chi connectivity index (χ3v) is 2.21. The molecule has 0 radical (unpaired) electrons. The summed E-state index contributed by atoms with van der Waals surface area (Å²) in [6, 6.07) is 0. The van der Waals surface area contributed by atoms with Crippen LogP contribution < -0.4 is 11.1 Å². The first kappa shape index (κ1) is 38.6. The van der Waals surface area contributed by atoms with Crippen LogP contribution in [0.2, 0.25) is 0 Å². The van der Waals surface area contributed by atoms with Crippen LogP contribution >= 0.6 is 37.9 Å². The Labute approximate surface area is 189 Å². The van der Waals surface area contributed by atoms with Crippen molar-refractivity contribution in [2.75, 3.05) is 43.9 Å². The highest BCUT2D eigenvalue weighted by Crippen LogP contribution is 1.76. The number of carbonyl (C=O) groups excluding carboxylic acids is 5. The fraction of sp³-hybridized carbons (Fsp3) is 0.500. The van der Waals surface area contributed by atoms with Gasteiger partial charge in [-0.3, -0.25) is 33.6 Å². The number of aldehydes is 4. The van der Waals surface area contributed by atoms with E-state index in [9.17, 15) is 14.4 Å². The van der Waals surface area contributed by atoms with Gasteiger partial charge in [0.05, 0.1) is 37.2 Å². The van der Waals surface area contributed by atoms with Gasteiger partial charge in [-0.25, -0.2) is 0 Å². The summed E-state index contributed by atoms with van der Waals surface area (Å²) in [6.07, 6.45) is 0.778. The van der Waals surface area contributed by atoms with Crippen molar-refractivity contribution in [3.8, 4) is 0 Å². The maximum absolute atomic E-state index is 10.6. The molecule has 0 aliphatic carbocycles. The molecule has 16 heteroatoms. The smallest absolute Gasteiger partial charge is 0.313 e. The molecule has 0 aromatic carbocycles. The summed E-state index contributed by atoms with van der Waals surface area (Å²) >= 11 is 10.6. The molecule has 13 nitrogen and oxygen atoms in total. The van der Waals surface area contributed by atoms with Gasteiger partial charge in [-0.1, -0.05) is 0 Å². The SMILES string of the molecule is NCOCCOCNC(=O)CS.O=C(O)CS.O=C(O)CS.O=CC=O.O=CC=O. The molecule has 0 aliphatic rings. The molecule has 0 rings (SSSR count). The molecule has 0 spiro atoms. The van der Waals surface area contributed by atoms with Crippen LogP contribution in [0.1, 0.15) is 0 Å². The molecule has 0 saturated carbocycles. The summed E-state index contributed by atoms with van der Waals surface area (Å²) in [5, 5.41) is 17.8. The fourth-order valence-electron chi connectivity index (χ4n) is 0.461. The highest BCUT2D eigenvalue weighted by molar-refractivity contribution is 7.81. The van der Waals surface area contributed by atoms with Gasteiger partial charge < -0.3 is 30.7 Å². The van der Waals surface area contributed by atoms with Gasteiger partial charge in [0.25, 0.3) is 0 Å². The van der Waals surface area contributed by atoms with E-state index < -0.39 is 11.9 Å². The molecule has 0 fully saturated rings. The van der Waals surface area contributed by atoms with Crippen molar-refractivity contribution in [3.05, 3.63) is 0 Å². The number of amides is 1. The lowest BCUT2D eigenvalue weighted by Crippen LogP contribution is -2.27. The Balaban J connectivity index is -0.0000000968. The predicted octanol–water partition coefficient (Wildman–Crippen LogP) is -2.29. The molecule has 0 heterocycles. The zero-order valence-corrected chi connectivity index (χ0v) is 18.4. The van der Waals surface area contributed by atoms with Gasteiger partial charge >= 0.3 is 11.9 Å². The third kappa shape index (κ3) is 82.9. The largest absolute Gasteiger partial charge is 0.481 e. The standard InChI is InChI=1S/C6H14N2O3S.2C2H4O2S.2C2H2O2/c7-4-10-1-2-11-5-8-6(9)3-12;2*3-2(4)1-5;2*3-1-2-4/h12H,1-5,7H2,(H,8,9);2*5H,1H2,(H,3,4);2*1-2H. The van der Waals surface area contributed by atoms with Crippen molar-refractivity contribution in [3.63, 3.8) is 0 Å². The van der Waals surface area contributed by atoms with E-state index in [1.54, 1.807) is 0 Å². The molecule has 5 N–H and O–H groups in total. The lowest BCUT2D eigenvalue weighted by atomic mass is 10.7. The number of carboxylic acids is 2. The molecular formula is C14H26N2O11S3. The van der Waals surface area contributed by atoms with Crippen LogP contribution in [0.25, 0.3) is 0 Å². The van der Waals surface area contributed by atoms with Crippen molar-refractivity contribution < 1.29 is 53.2 Å². The zero-order chi connectivity index (χ0) is 24.6. The molecule has 0 unspecified atom stereocenters. The second-order valence-corrected chi connectivity index (χ2v) is 4.48. The number of thiol groups is 3. The molecule has 0 bridgehead atoms. The van der Waals surface area contributed by atoms with E-state index in [0.717, 1.165) is 0 Å². The average Bonchev–Trinajstić information content (AvgIpc) is 2.76. The molecule has 0 aromatic heterocycles. The van der Waals surface area contributed by atoms with E-state index >= 15 is 0 Å². The van der Waals surface area contributed by atoms with Crippen LogP contribution in [-0.4, -0.2) is 97.1 Å². The zero-order valence-electron chi connectivity index (χ0n) is 15.7. The summed E-state index contributed by atoms with van der Waals surface area (Å²) in [4.78, 5) is 64.4. The molecule has 0 aliphatic heterocycles. The number of carboxylic acid groups (broad SMARTS) is 2. The summed E-state index contributed by atoms with van der Waals surface area (Å²) in [5.74, 6) is -1.91. The maximum atomic E-state index is 10.6. The normalized spacial score (nSPS) is 7.73. The molecule has 0 saturated heterocycles. The Bertz CT molecular complexity index is 417. The van der Waals surface area contributed by atoms with Crippen LogP contribution in [0.15, 0.2) is 0 Å². The number of hydrogen-bond donors (Lipinski definition) is 7. The highest BCUT2D eigenvalue weighted by Gasteiger charge is 1.94. The number of carbonyl (C=O) groups is 7. The van der Waals surface area contributed by atoms with Crippen molar-refractivity contribution in [1.29, 1.82) is 0 Å². The molecular weight excluding hydrogens is 468 g/mol. The van der Waals surface area contributed by atoms with E-state index in [1.807, 2.05) is 0 Å². The van der Waals surface area contributed by atoms with Gasteiger partial charge in [0.15, 0.2) is 25.1 Å². The van der Waals surface area contributed by atoms with E-state index in [4.69, 9.17) is 44.6 Å². The molecule has 30 heavy (non-hydrogen) atoms. The molecule has 0 aromatic rings. The topological polar surface area (TPSA) is 216 Å². The Morgan fingerprint density at radius 3 is 1.33 bits per heavy atom. The molecule has 0 atom stereocenters. The summed E-state index contributed by atoms with van der Waals surface area (Å²) in [6.45, 7) is 1.23. The second-order valence-electron chi connectivity index (χ2n) is 3.53. The first-order chi connectivity index (χ1) is 14.2. The van der Waals surface area contributed by atoms with Crippen LogP contribution in [-0.2, 0) is 43.0 Å². The lowest BCUT2D eigenvalue weighted by Gasteiger charge is -2.04. The Morgan fingerprint density at radius 2 is 1.10 bits per heavy atom. The number of ether oxygens (including phenoxy) is 2. The van der Waals surface area contributed by atoms with Crippen molar-refractivity contribution in [2.24, 2.45) is 5.73 Å². The second kappa shape index (κ2) is 41.4. The van der Waals surface area contributed by atoms with Gasteiger partial charge in [-0.2, -0.15) is 37.9 Å².